The Morgan fingerprint density at radius 1 is 1.25 bits per heavy atom. The summed E-state index contributed by atoms with van der Waals surface area (Å²) in [6.07, 6.45) is 3.75. The van der Waals surface area contributed by atoms with Crippen LogP contribution in [-0.2, 0) is 0 Å². The van der Waals surface area contributed by atoms with Crippen molar-refractivity contribution >= 4 is 12.4 Å². The van der Waals surface area contributed by atoms with E-state index in [-0.39, 0.29) is 18.2 Å². The molecule has 0 radical (unpaired) electrons. The van der Waals surface area contributed by atoms with Gasteiger partial charge in [-0.3, -0.25) is 4.90 Å². The van der Waals surface area contributed by atoms with Gasteiger partial charge in [-0.05, 0) is 36.5 Å². The third kappa shape index (κ3) is 3.08. The van der Waals surface area contributed by atoms with E-state index in [2.05, 4.69) is 10.2 Å². The molecule has 2 N–H and O–H groups in total. The second-order valence-electron chi connectivity index (χ2n) is 5.63. The van der Waals surface area contributed by atoms with Crippen LogP contribution in [0.1, 0.15) is 30.9 Å². The molecule has 0 bridgehead atoms. The van der Waals surface area contributed by atoms with E-state index in [0.717, 1.165) is 31.7 Å². The largest absolute Gasteiger partial charge is 0.505 e. The topological polar surface area (TPSA) is 35.5 Å². The van der Waals surface area contributed by atoms with Gasteiger partial charge in [0.15, 0.2) is 11.6 Å². The fourth-order valence-corrected chi connectivity index (χ4v) is 3.20. The Balaban J connectivity index is 0.00000147. The lowest BCUT2D eigenvalue weighted by Crippen LogP contribution is -2.47. The van der Waals surface area contributed by atoms with Crippen LogP contribution in [0.2, 0.25) is 0 Å². The maximum Gasteiger partial charge on any atom is 0.165 e. The second kappa shape index (κ2) is 6.74. The third-order valence-corrected chi connectivity index (χ3v) is 4.45. The van der Waals surface area contributed by atoms with Crippen LogP contribution in [0.15, 0.2) is 18.2 Å². The molecule has 1 saturated heterocycles. The van der Waals surface area contributed by atoms with Gasteiger partial charge in [-0.1, -0.05) is 12.5 Å². The number of nitrogens with one attached hydrogen (secondary N) is 1. The van der Waals surface area contributed by atoms with Gasteiger partial charge in [-0.25, -0.2) is 4.39 Å². The van der Waals surface area contributed by atoms with E-state index < -0.39 is 5.82 Å². The molecule has 1 aliphatic carbocycles. The van der Waals surface area contributed by atoms with Crippen molar-refractivity contribution in [1.29, 1.82) is 0 Å². The standard InChI is InChI=1S/C15H21FN2O.ClH/c16-13-10-12(4-5-14(13)19)15(11-2-1-3-11)18-8-6-17-7-9-18;/h4-5,10-11,15,17,19H,1-3,6-9H2;1H/t15-;/m0./s1. The van der Waals surface area contributed by atoms with E-state index >= 15 is 0 Å². The van der Waals surface area contributed by atoms with Crippen molar-refractivity contribution < 1.29 is 9.50 Å². The molecular formula is C15H22ClFN2O. The summed E-state index contributed by atoms with van der Waals surface area (Å²) in [4.78, 5) is 2.46. The lowest BCUT2D eigenvalue weighted by molar-refractivity contribution is 0.0834. The molecule has 0 amide bonds. The minimum Gasteiger partial charge on any atom is -0.505 e. The van der Waals surface area contributed by atoms with Crippen LogP contribution in [0, 0.1) is 11.7 Å². The zero-order valence-corrected chi connectivity index (χ0v) is 12.3. The van der Waals surface area contributed by atoms with Gasteiger partial charge in [0, 0.05) is 32.2 Å². The van der Waals surface area contributed by atoms with Crippen molar-refractivity contribution in [2.24, 2.45) is 5.92 Å². The molecule has 1 aromatic carbocycles. The van der Waals surface area contributed by atoms with E-state index in [9.17, 15) is 9.50 Å². The first kappa shape index (κ1) is 15.5. The maximum absolute atomic E-state index is 13.6. The Morgan fingerprint density at radius 2 is 1.95 bits per heavy atom. The first-order valence-corrected chi connectivity index (χ1v) is 7.19. The molecule has 0 aromatic heterocycles. The van der Waals surface area contributed by atoms with Crippen molar-refractivity contribution in [2.45, 2.75) is 25.3 Å². The highest BCUT2D eigenvalue weighted by molar-refractivity contribution is 5.85. The van der Waals surface area contributed by atoms with E-state index in [1.165, 1.54) is 31.4 Å². The molecule has 20 heavy (non-hydrogen) atoms. The summed E-state index contributed by atoms with van der Waals surface area (Å²) in [7, 11) is 0. The Labute approximate surface area is 125 Å². The van der Waals surface area contributed by atoms with Crippen molar-refractivity contribution in [1.82, 2.24) is 10.2 Å². The van der Waals surface area contributed by atoms with Crippen LogP contribution < -0.4 is 5.32 Å². The molecule has 2 fully saturated rings. The van der Waals surface area contributed by atoms with Crippen molar-refractivity contribution in [3.05, 3.63) is 29.6 Å². The number of piperazine rings is 1. The molecule has 1 atom stereocenters. The Kier molecular flexibility index (Phi) is 5.24. The molecule has 1 heterocycles. The zero-order valence-electron chi connectivity index (χ0n) is 11.5. The van der Waals surface area contributed by atoms with Gasteiger partial charge < -0.3 is 10.4 Å². The first-order chi connectivity index (χ1) is 9.25. The average Bonchev–Trinajstić information content (AvgIpc) is 2.38. The van der Waals surface area contributed by atoms with Gasteiger partial charge in [0.05, 0.1) is 0 Å². The predicted molar refractivity (Wildman–Crippen MR) is 79.8 cm³/mol. The summed E-state index contributed by atoms with van der Waals surface area (Å²) < 4.78 is 13.6. The summed E-state index contributed by atoms with van der Waals surface area (Å²) in [5.41, 5.74) is 1.02. The average molecular weight is 301 g/mol. The minimum atomic E-state index is -0.503. The SMILES string of the molecule is Cl.Oc1ccc([C@H](C2CCC2)N2CCNCC2)cc1F. The summed E-state index contributed by atoms with van der Waals surface area (Å²) in [6.45, 7) is 4.04. The number of rotatable bonds is 3. The quantitative estimate of drug-likeness (QED) is 0.901. The Bertz CT molecular complexity index is 447. The Morgan fingerprint density at radius 3 is 2.50 bits per heavy atom. The van der Waals surface area contributed by atoms with Crippen molar-refractivity contribution in [2.75, 3.05) is 26.2 Å². The molecule has 1 saturated carbocycles. The number of hydrogen-bond acceptors (Lipinski definition) is 3. The van der Waals surface area contributed by atoms with Crippen LogP contribution in [0.3, 0.4) is 0 Å². The number of hydrogen-bond donors (Lipinski definition) is 2. The number of nitrogens with zero attached hydrogens (tertiary/aromatic N) is 1. The molecule has 5 heteroatoms. The number of aromatic hydroxyl groups is 1. The van der Waals surface area contributed by atoms with Gasteiger partial charge in [0.2, 0.25) is 0 Å². The van der Waals surface area contributed by atoms with Crippen LogP contribution in [0.5, 0.6) is 5.75 Å². The smallest absolute Gasteiger partial charge is 0.165 e. The maximum atomic E-state index is 13.6. The van der Waals surface area contributed by atoms with Crippen molar-refractivity contribution in [3.63, 3.8) is 0 Å². The van der Waals surface area contributed by atoms with Gasteiger partial charge in [-0.15, -0.1) is 12.4 Å². The van der Waals surface area contributed by atoms with Gasteiger partial charge >= 0.3 is 0 Å². The van der Waals surface area contributed by atoms with Crippen LogP contribution in [-0.4, -0.2) is 36.2 Å². The molecule has 112 valence electrons. The monoisotopic (exact) mass is 300 g/mol. The highest BCUT2D eigenvalue weighted by Gasteiger charge is 2.33. The molecule has 3 nitrogen and oxygen atoms in total. The summed E-state index contributed by atoms with van der Waals surface area (Å²) in [6, 6.07) is 5.19. The molecular weight excluding hydrogens is 279 g/mol. The summed E-state index contributed by atoms with van der Waals surface area (Å²) in [5, 5.41) is 12.7. The number of halogens is 2. The highest BCUT2D eigenvalue weighted by Crippen LogP contribution is 2.42. The molecule has 0 spiro atoms. The van der Waals surface area contributed by atoms with Gasteiger partial charge in [0.25, 0.3) is 0 Å². The minimum absolute atomic E-state index is 0. The van der Waals surface area contributed by atoms with Crippen molar-refractivity contribution in [3.8, 4) is 5.75 Å². The molecule has 1 aliphatic heterocycles. The number of phenolic OH excluding ortho intramolecular Hbond substituents is 1. The third-order valence-electron chi connectivity index (χ3n) is 4.45. The normalized spacial score (nSPS) is 21.9. The van der Waals surface area contributed by atoms with E-state index in [1.807, 2.05) is 6.07 Å². The summed E-state index contributed by atoms with van der Waals surface area (Å²) in [5.74, 6) is -0.115. The Hall–Kier alpha value is -0.840. The number of benzene rings is 1. The molecule has 2 aliphatic rings. The van der Waals surface area contributed by atoms with Crippen LogP contribution in [0.25, 0.3) is 0 Å². The summed E-state index contributed by atoms with van der Waals surface area (Å²) >= 11 is 0. The first-order valence-electron chi connectivity index (χ1n) is 7.19. The molecule has 3 rings (SSSR count). The van der Waals surface area contributed by atoms with Crippen LogP contribution in [0.4, 0.5) is 4.39 Å². The van der Waals surface area contributed by atoms with E-state index in [1.54, 1.807) is 0 Å². The lowest BCUT2D eigenvalue weighted by Gasteiger charge is -2.43. The van der Waals surface area contributed by atoms with E-state index in [4.69, 9.17) is 0 Å². The fraction of sp³-hybridized carbons (Fsp3) is 0.600. The van der Waals surface area contributed by atoms with Crippen LogP contribution >= 0.6 is 12.4 Å². The second-order valence-corrected chi connectivity index (χ2v) is 5.63. The lowest BCUT2D eigenvalue weighted by atomic mass is 9.76. The predicted octanol–water partition coefficient (Wildman–Crippen LogP) is 2.70. The highest BCUT2D eigenvalue weighted by atomic mass is 35.5. The molecule has 1 aromatic rings. The van der Waals surface area contributed by atoms with Gasteiger partial charge in [0.1, 0.15) is 0 Å². The number of phenols is 1. The fourth-order valence-electron chi connectivity index (χ4n) is 3.20. The molecule has 0 unspecified atom stereocenters. The van der Waals surface area contributed by atoms with E-state index in [0.29, 0.717) is 12.0 Å². The van der Waals surface area contributed by atoms with Gasteiger partial charge in [-0.2, -0.15) is 0 Å². The zero-order chi connectivity index (χ0) is 13.2.